The van der Waals surface area contributed by atoms with Crippen LogP contribution >= 0.6 is 0 Å². The topological polar surface area (TPSA) is 52.9 Å². The molecule has 1 heterocycles. The number of dihydropyridines is 1. The summed E-state index contributed by atoms with van der Waals surface area (Å²) < 4.78 is 0. The van der Waals surface area contributed by atoms with E-state index in [9.17, 15) is 4.79 Å². The highest BCUT2D eigenvalue weighted by Crippen LogP contribution is 2.34. The van der Waals surface area contributed by atoms with Gasteiger partial charge in [0.15, 0.2) is 5.78 Å². The first kappa shape index (κ1) is 12.4. The van der Waals surface area contributed by atoms with Gasteiger partial charge in [-0.1, -0.05) is 24.3 Å². The third-order valence-electron chi connectivity index (χ3n) is 3.66. The van der Waals surface area contributed by atoms with Crippen molar-refractivity contribution in [2.24, 2.45) is 0 Å². The first-order valence-corrected chi connectivity index (χ1v) is 6.61. The normalized spacial score (nSPS) is 20.9. The third-order valence-corrected chi connectivity index (χ3v) is 3.66. The average molecular weight is 262 g/mol. The van der Waals surface area contributed by atoms with Crippen LogP contribution < -0.4 is 5.32 Å². The summed E-state index contributed by atoms with van der Waals surface area (Å²) >= 11 is 0. The van der Waals surface area contributed by atoms with Gasteiger partial charge in [-0.05, 0) is 30.2 Å². The molecule has 3 nitrogen and oxygen atoms in total. The van der Waals surface area contributed by atoms with Gasteiger partial charge < -0.3 is 5.32 Å². The molecule has 20 heavy (non-hydrogen) atoms. The lowest BCUT2D eigenvalue weighted by atomic mass is 9.82. The number of nitrogens with one attached hydrogen (secondary N) is 1. The van der Waals surface area contributed by atoms with Crippen LogP contribution in [0.25, 0.3) is 5.57 Å². The second-order valence-corrected chi connectivity index (χ2v) is 5.00. The zero-order valence-corrected chi connectivity index (χ0v) is 11.2. The molecule has 1 aromatic carbocycles. The zero-order chi connectivity index (χ0) is 14.1. The minimum atomic E-state index is 0.0538. The molecule has 98 valence electrons. The summed E-state index contributed by atoms with van der Waals surface area (Å²) in [7, 11) is 0. The Hall–Kier alpha value is -2.60. The minimum absolute atomic E-state index is 0.0538. The molecule has 2 aliphatic rings. The Morgan fingerprint density at radius 3 is 3.05 bits per heavy atom. The van der Waals surface area contributed by atoms with Crippen LogP contribution in [0.2, 0.25) is 0 Å². The van der Waals surface area contributed by atoms with Gasteiger partial charge in [-0.3, -0.25) is 4.79 Å². The summed E-state index contributed by atoms with van der Waals surface area (Å²) in [6.45, 7) is 2.03. The van der Waals surface area contributed by atoms with Crippen molar-refractivity contribution in [2.75, 3.05) is 0 Å². The van der Waals surface area contributed by atoms with Crippen LogP contribution in [-0.2, 0) is 4.79 Å². The van der Waals surface area contributed by atoms with E-state index in [4.69, 9.17) is 5.26 Å². The number of nitriles is 1. The maximum absolute atomic E-state index is 12.3. The SMILES string of the molecule is CC1NC=C2C=CCC(=O)C2=C1c1cccc(C#N)c1. The van der Waals surface area contributed by atoms with Gasteiger partial charge in [0.2, 0.25) is 0 Å². The van der Waals surface area contributed by atoms with Crippen molar-refractivity contribution in [3.8, 4) is 6.07 Å². The molecular weight excluding hydrogens is 248 g/mol. The summed E-state index contributed by atoms with van der Waals surface area (Å²) in [5.74, 6) is 0.143. The van der Waals surface area contributed by atoms with Crippen molar-refractivity contribution >= 4 is 11.4 Å². The summed E-state index contributed by atoms with van der Waals surface area (Å²) in [5, 5.41) is 12.3. The Labute approximate surface area is 117 Å². The number of hydrogen-bond acceptors (Lipinski definition) is 3. The number of nitrogens with zero attached hydrogens (tertiary/aromatic N) is 1. The number of hydrogen-bond donors (Lipinski definition) is 1. The van der Waals surface area contributed by atoms with Gasteiger partial charge in [0.05, 0.1) is 11.6 Å². The van der Waals surface area contributed by atoms with E-state index in [0.717, 1.165) is 22.3 Å². The highest BCUT2D eigenvalue weighted by molar-refractivity contribution is 6.10. The molecule has 1 aliphatic heterocycles. The number of fused-ring (bicyclic) bond motifs is 1. The van der Waals surface area contributed by atoms with E-state index in [-0.39, 0.29) is 11.8 Å². The van der Waals surface area contributed by atoms with Crippen LogP contribution in [0, 0.1) is 11.3 Å². The standard InChI is InChI=1S/C17H14N2O/c1-11-16(13-5-2-4-12(8-13)9-18)17-14(10-19-11)6-3-7-15(17)20/h2-6,8,10-11,19H,7H2,1H3. The fourth-order valence-corrected chi connectivity index (χ4v) is 2.73. The van der Waals surface area contributed by atoms with Gasteiger partial charge in [-0.15, -0.1) is 0 Å². The Morgan fingerprint density at radius 2 is 2.25 bits per heavy atom. The number of carbonyl (C=O) groups is 1. The van der Waals surface area contributed by atoms with Crippen LogP contribution in [-0.4, -0.2) is 11.8 Å². The lowest BCUT2D eigenvalue weighted by Crippen LogP contribution is -2.30. The van der Waals surface area contributed by atoms with Crippen LogP contribution in [0.1, 0.15) is 24.5 Å². The molecule has 1 N–H and O–H groups in total. The van der Waals surface area contributed by atoms with Crippen LogP contribution in [0.4, 0.5) is 0 Å². The predicted molar refractivity (Wildman–Crippen MR) is 77.5 cm³/mol. The largest absolute Gasteiger partial charge is 0.384 e. The maximum Gasteiger partial charge on any atom is 0.167 e. The van der Waals surface area contributed by atoms with Crippen molar-refractivity contribution in [1.82, 2.24) is 5.32 Å². The van der Waals surface area contributed by atoms with Crippen molar-refractivity contribution in [1.29, 1.82) is 5.26 Å². The van der Waals surface area contributed by atoms with E-state index in [1.165, 1.54) is 0 Å². The molecule has 1 unspecified atom stereocenters. The van der Waals surface area contributed by atoms with Gasteiger partial charge in [0, 0.05) is 29.8 Å². The molecule has 1 aromatic rings. The van der Waals surface area contributed by atoms with E-state index < -0.39 is 0 Å². The second kappa shape index (κ2) is 4.82. The minimum Gasteiger partial charge on any atom is -0.384 e. The Kier molecular flexibility index (Phi) is 3.00. The monoisotopic (exact) mass is 262 g/mol. The Morgan fingerprint density at radius 1 is 1.40 bits per heavy atom. The lowest BCUT2D eigenvalue weighted by Gasteiger charge is -2.28. The van der Waals surface area contributed by atoms with Crippen molar-refractivity contribution in [3.05, 3.63) is 64.9 Å². The van der Waals surface area contributed by atoms with E-state index in [1.807, 2.05) is 43.5 Å². The van der Waals surface area contributed by atoms with Crippen LogP contribution in [0.5, 0.6) is 0 Å². The van der Waals surface area contributed by atoms with Crippen LogP contribution in [0.15, 0.2) is 53.8 Å². The van der Waals surface area contributed by atoms with Crippen molar-refractivity contribution in [3.63, 3.8) is 0 Å². The van der Waals surface area contributed by atoms with Gasteiger partial charge in [-0.2, -0.15) is 5.26 Å². The fourth-order valence-electron chi connectivity index (χ4n) is 2.73. The highest BCUT2D eigenvalue weighted by Gasteiger charge is 2.27. The van der Waals surface area contributed by atoms with E-state index in [2.05, 4.69) is 11.4 Å². The number of allylic oxidation sites excluding steroid dienone is 4. The molecule has 3 rings (SSSR count). The van der Waals surface area contributed by atoms with Gasteiger partial charge in [0.25, 0.3) is 0 Å². The molecule has 0 saturated carbocycles. The van der Waals surface area contributed by atoms with Crippen LogP contribution in [0.3, 0.4) is 0 Å². The first-order valence-electron chi connectivity index (χ1n) is 6.61. The summed E-state index contributed by atoms with van der Waals surface area (Å²) in [4.78, 5) is 12.3. The number of carbonyl (C=O) groups excluding carboxylic acids is 1. The number of ketones is 1. The molecule has 1 aliphatic carbocycles. The quantitative estimate of drug-likeness (QED) is 0.846. The lowest BCUT2D eigenvalue weighted by molar-refractivity contribution is -0.114. The second-order valence-electron chi connectivity index (χ2n) is 5.00. The van der Waals surface area contributed by atoms with E-state index >= 15 is 0 Å². The fraction of sp³-hybridized carbons (Fsp3) is 0.176. The van der Waals surface area contributed by atoms with Crippen molar-refractivity contribution < 1.29 is 4.79 Å². The van der Waals surface area contributed by atoms with E-state index in [1.54, 1.807) is 6.07 Å². The highest BCUT2D eigenvalue weighted by atomic mass is 16.1. The molecule has 0 amide bonds. The molecule has 0 aromatic heterocycles. The Bertz CT molecular complexity index is 717. The number of benzene rings is 1. The molecule has 0 radical (unpaired) electrons. The summed E-state index contributed by atoms with van der Waals surface area (Å²) in [5.41, 5.74) is 4.24. The zero-order valence-electron chi connectivity index (χ0n) is 11.2. The maximum atomic E-state index is 12.3. The van der Waals surface area contributed by atoms with Gasteiger partial charge in [0.1, 0.15) is 0 Å². The molecule has 0 bridgehead atoms. The first-order chi connectivity index (χ1) is 9.70. The Balaban J connectivity index is 2.22. The number of rotatable bonds is 1. The van der Waals surface area contributed by atoms with E-state index in [0.29, 0.717) is 12.0 Å². The summed E-state index contributed by atoms with van der Waals surface area (Å²) in [6, 6.07) is 9.63. The van der Waals surface area contributed by atoms with Gasteiger partial charge >= 0.3 is 0 Å². The number of Topliss-reactive ketones (excluding diaryl/α,β-unsaturated/α-hetero) is 1. The predicted octanol–water partition coefficient (Wildman–Crippen LogP) is 2.72. The van der Waals surface area contributed by atoms with Gasteiger partial charge in [-0.25, -0.2) is 0 Å². The smallest absolute Gasteiger partial charge is 0.167 e. The average Bonchev–Trinajstić information content (AvgIpc) is 2.48. The molecule has 3 heteroatoms. The van der Waals surface area contributed by atoms with Crippen molar-refractivity contribution in [2.45, 2.75) is 19.4 Å². The molecule has 1 atom stereocenters. The molecule has 0 fully saturated rings. The summed E-state index contributed by atoms with van der Waals surface area (Å²) in [6.07, 6.45) is 6.20. The molecule has 0 saturated heterocycles. The third kappa shape index (κ3) is 1.96. The molecular formula is C17H14N2O. The molecule has 0 spiro atoms.